The third-order valence-electron chi connectivity index (χ3n) is 3.03. The number of nitrogens with two attached hydrogens (primary N) is 1. The zero-order valence-electron chi connectivity index (χ0n) is 10.6. The molecule has 2 aromatic rings. The molecule has 2 nitrogen and oxygen atoms in total. The normalized spacial score (nSPS) is 13.3. The molecule has 0 aliphatic carbocycles. The molecular formula is C14H12ClF3N2. The van der Waals surface area contributed by atoms with E-state index in [9.17, 15) is 13.2 Å². The first-order chi connectivity index (χ1) is 9.30. The topological polar surface area (TPSA) is 38.9 Å². The zero-order valence-corrected chi connectivity index (χ0v) is 11.3. The molecule has 0 spiro atoms. The molecule has 2 rings (SSSR count). The van der Waals surface area contributed by atoms with Crippen molar-refractivity contribution in [3.05, 3.63) is 63.9 Å². The Labute approximate surface area is 119 Å². The molecule has 6 heteroatoms. The van der Waals surface area contributed by atoms with E-state index in [0.717, 1.165) is 24.0 Å². The molecule has 106 valence electrons. The van der Waals surface area contributed by atoms with E-state index in [2.05, 4.69) is 4.98 Å². The van der Waals surface area contributed by atoms with Gasteiger partial charge in [-0.15, -0.1) is 0 Å². The molecule has 0 aliphatic rings. The van der Waals surface area contributed by atoms with E-state index in [0.29, 0.717) is 10.6 Å². The monoisotopic (exact) mass is 300 g/mol. The summed E-state index contributed by atoms with van der Waals surface area (Å²) >= 11 is 5.90. The van der Waals surface area contributed by atoms with Crippen molar-refractivity contribution in [3.8, 4) is 0 Å². The summed E-state index contributed by atoms with van der Waals surface area (Å²) in [6.07, 6.45) is -2.21. The number of pyridine rings is 1. The lowest BCUT2D eigenvalue weighted by molar-refractivity contribution is -0.138. The standard InChI is InChI=1S/C14H12ClF3N2/c1-8-6-9(2-3-12(8)15)13(19)10-7-20-5-4-11(10)14(16,17)18/h2-7,13H,19H2,1H3. The number of nitrogens with zero attached hydrogens (tertiary/aromatic N) is 1. The molecule has 0 aliphatic heterocycles. The molecule has 1 unspecified atom stereocenters. The lowest BCUT2D eigenvalue weighted by atomic mass is 9.95. The van der Waals surface area contributed by atoms with Crippen molar-refractivity contribution in [1.82, 2.24) is 4.98 Å². The highest BCUT2D eigenvalue weighted by atomic mass is 35.5. The first-order valence-electron chi connectivity index (χ1n) is 5.83. The number of halogens is 4. The van der Waals surface area contributed by atoms with Gasteiger partial charge in [-0.2, -0.15) is 13.2 Å². The van der Waals surface area contributed by atoms with Crippen LogP contribution in [-0.2, 0) is 6.18 Å². The van der Waals surface area contributed by atoms with Gasteiger partial charge in [0.05, 0.1) is 11.6 Å². The smallest absolute Gasteiger partial charge is 0.320 e. The Morgan fingerprint density at radius 1 is 1.25 bits per heavy atom. The Bertz CT molecular complexity index is 626. The second-order valence-corrected chi connectivity index (χ2v) is 4.85. The highest BCUT2D eigenvalue weighted by Gasteiger charge is 2.34. The molecule has 0 bridgehead atoms. The maximum atomic E-state index is 13.0. The largest absolute Gasteiger partial charge is 0.416 e. The van der Waals surface area contributed by atoms with Gasteiger partial charge in [0.2, 0.25) is 0 Å². The molecule has 0 fully saturated rings. The highest BCUT2D eigenvalue weighted by molar-refractivity contribution is 6.31. The van der Waals surface area contributed by atoms with E-state index in [-0.39, 0.29) is 5.56 Å². The van der Waals surface area contributed by atoms with Crippen molar-refractivity contribution in [2.45, 2.75) is 19.1 Å². The molecule has 0 saturated heterocycles. The predicted molar refractivity (Wildman–Crippen MR) is 71.5 cm³/mol. The third-order valence-corrected chi connectivity index (χ3v) is 3.46. The lowest BCUT2D eigenvalue weighted by Gasteiger charge is -2.18. The Kier molecular flexibility index (Phi) is 4.01. The minimum absolute atomic E-state index is 0.0540. The highest BCUT2D eigenvalue weighted by Crippen LogP contribution is 2.35. The summed E-state index contributed by atoms with van der Waals surface area (Å²) in [5.74, 6) is 0. The van der Waals surface area contributed by atoms with Gasteiger partial charge in [0.25, 0.3) is 0 Å². The molecular weight excluding hydrogens is 289 g/mol. The maximum Gasteiger partial charge on any atom is 0.416 e. The van der Waals surface area contributed by atoms with Crippen LogP contribution in [-0.4, -0.2) is 4.98 Å². The van der Waals surface area contributed by atoms with Crippen LogP contribution in [0, 0.1) is 6.92 Å². The lowest BCUT2D eigenvalue weighted by Crippen LogP contribution is -2.19. The number of aryl methyl sites for hydroxylation is 1. The number of hydrogen-bond acceptors (Lipinski definition) is 2. The van der Waals surface area contributed by atoms with Crippen LogP contribution in [0.25, 0.3) is 0 Å². The summed E-state index contributed by atoms with van der Waals surface area (Å²) in [6, 6.07) is 4.94. The number of rotatable bonds is 2. The molecule has 20 heavy (non-hydrogen) atoms. The quantitative estimate of drug-likeness (QED) is 0.906. The van der Waals surface area contributed by atoms with Crippen LogP contribution < -0.4 is 5.73 Å². The van der Waals surface area contributed by atoms with E-state index >= 15 is 0 Å². The summed E-state index contributed by atoms with van der Waals surface area (Å²) in [7, 11) is 0. The van der Waals surface area contributed by atoms with Crippen LogP contribution >= 0.6 is 11.6 Å². The molecule has 1 aromatic carbocycles. The minimum atomic E-state index is -4.46. The third kappa shape index (κ3) is 2.94. The number of aromatic nitrogens is 1. The van der Waals surface area contributed by atoms with E-state index in [4.69, 9.17) is 17.3 Å². The van der Waals surface area contributed by atoms with Crippen molar-refractivity contribution in [3.63, 3.8) is 0 Å². The van der Waals surface area contributed by atoms with Crippen LogP contribution in [0.15, 0.2) is 36.7 Å². The summed E-state index contributed by atoms with van der Waals surface area (Å²) in [5.41, 5.74) is 6.45. The van der Waals surface area contributed by atoms with Crippen molar-refractivity contribution >= 4 is 11.6 Å². The van der Waals surface area contributed by atoms with Gasteiger partial charge in [-0.25, -0.2) is 0 Å². The molecule has 2 N–H and O–H groups in total. The van der Waals surface area contributed by atoms with Gasteiger partial charge in [0, 0.05) is 23.0 Å². The molecule has 0 radical (unpaired) electrons. The Morgan fingerprint density at radius 3 is 2.55 bits per heavy atom. The van der Waals surface area contributed by atoms with Gasteiger partial charge < -0.3 is 5.73 Å². The average Bonchev–Trinajstić information content (AvgIpc) is 2.40. The van der Waals surface area contributed by atoms with Gasteiger partial charge in [-0.05, 0) is 30.2 Å². The van der Waals surface area contributed by atoms with Gasteiger partial charge >= 0.3 is 6.18 Å². The van der Waals surface area contributed by atoms with Crippen molar-refractivity contribution in [2.75, 3.05) is 0 Å². The van der Waals surface area contributed by atoms with E-state index in [1.54, 1.807) is 25.1 Å². The summed E-state index contributed by atoms with van der Waals surface area (Å²) in [6.45, 7) is 1.77. The Balaban J connectivity index is 2.48. The van der Waals surface area contributed by atoms with E-state index in [1.165, 1.54) is 0 Å². The predicted octanol–water partition coefficient (Wildman–Crippen LogP) is 4.11. The molecule has 1 aromatic heterocycles. The number of hydrogen-bond donors (Lipinski definition) is 1. The fourth-order valence-corrected chi connectivity index (χ4v) is 2.07. The van der Waals surface area contributed by atoms with Crippen LogP contribution in [0.2, 0.25) is 5.02 Å². The van der Waals surface area contributed by atoms with Gasteiger partial charge in [-0.1, -0.05) is 23.7 Å². The van der Waals surface area contributed by atoms with Gasteiger partial charge in [0.1, 0.15) is 0 Å². The van der Waals surface area contributed by atoms with Crippen LogP contribution in [0.3, 0.4) is 0 Å². The second kappa shape index (κ2) is 5.42. The maximum absolute atomic E-state index is 13.0. The average molecular weight is 301 g/mol. The van der Waals surface area contributed by atoms with Crippen molar-refractivity contribution < 1.29 is 13.2 Å². The fraction of sp³-hybridized carbons (Fsp3) is 0.214. The fourth-order valence-electron chi connectivity index (χ4n) is 1.95. The first kappa shape index (κ1) is 14.8. The Hall–Kier alpha value is -1.59. The first-order valence-corrected chi connectivity index (χ1v) is 6.21. The van der Waals surface area contributed by atoms with Crippen molar-refractivity contribution in [2.24, 2.45) is 5.73 Å². The van der Waals surface area contributed by atoms with Gasteiger partial charge in [0.15, 0.2) is 0 Å². The minimum Gasteiger partial charge on any atom is -0.320 e. The van der Waals surface area contributed by atoms with E-state index in [1.807, 2.05) is 0 Å². The second-order valence-electron chi connectivity index (χ2n) is 4.45. The Morgan fingerprint density at radius 2 is 1.95 bits per heavy atom. The van der Waals surface area contributed by atoms with Gasteiger partial charge in [-0.3, -0.25) is 4.98 Å². The number of alkyl halides is 3. The molecule has 0 saturated carbocycles. The van der Waals surface area contributed by atoms with Crippen LogP contribution in [0.1, 0.15) is 28.3 Å². The number of benzene rings is 1. The summed E-state index contributed by atoms with van der Waals surface area (Å²) < 4.78 is 38.9. The van der Waals surface area contributed by atoms with E-state index < -0.39 is 17.8 Å². The van der Waals surface area contributed by atoms with Crippen LogP contribution in [0.4, 0.5) is 13.2 Å². The molecule has 0 amide bonds. The summed E-state index contributed by atoms with van der Waals surface area (Å²) in [5, 5.41) is 0.545. The molecule has 1 atom stereocenters. The zero-order chi connectivity index (χ0) is 14.9. The SMILES string of the molecule is Cc1cc(C(N)c2cnccc2C(F)(F)F)ccc1Cl. The molecule has 1 heterocycles. The van der Waals surface area contributed by atoms with Crippen LogP contribution in [0.5, 0.6) is 0 Å². The van der Waals surface area contributed by atoms with Crippen molar-refractivity contribution in [1.29, 1.82) is 0 Å². The summed E-state index contributed by atoms with van der Waals surface area (Å²) in [4.78, 5) is 3.74.